The summed E-state index contributed by atoms with van der Waals surface area (Å²) in [5.41, 5.74) is 5.18. The summed E-state index contributed by atoms with van der Waals surface area (Å²) in [5.74, 6) is -0.710. The number of rotatable bonds is 4. The molecule has 1 unspecified atom stereocenters. The lowest BCUT2D eigenvalue weighted by Crippen LogP contribution is -2.31. The smallest absolute Gasteiger partial charge is 0.223 e. The molecule has 0 aromatic carbocycles. The van der Waals surface area contributed by atoms with E-state index in [-0.39, 0.29) is 18.2 Å². The van der Waals surface area contributed by atoms with Gasteiger partial charge in [-0.05, 0) is 0 Å². The molecule has 1 aliphatic rings. The molecule has 2 rings (SSSR count). The van der Waals surface area contributed by atoms with Gasteiger partial charge in [-0.1, -0.05) is 0 Å². The molecule has 1 aromatic rings. The van der Waals surface area contributed by atoms with Gasteiger partial charge in [0.1, 0.15) is 0 Å². The third-order valence-corrected chi connectivity index (χ3v) is 2.80. The lowest BCUT2D eigenvalue weighted by Gasteiger charge is -2.15. The Labute approximate surface area is 93.0 Å². The first-order chi connectivity index (χ1) is 7.66. The predicted molar refractivity (Wildman–Crippen MR) is 56.1 cm³/mol. The zero-order valence-electron chi connectivity index (χ0n) is 8.87. The predicted octanol–water partition coefficient (Wildman–Crippen LogP) is -0.783. The molecule has 86 valence electrons. The van der Waals surface area contributed by atoms with Crippen LogP contribution in [0.1, 0.15) is 6.42 Å². The zero-order valence-corrected chi connectivity index (χ0v) is 8.87. The number of nitrogens with zero attached hydrogens (tertiary/aromatic N) is 3. The van der Waals surface area contributed by atoms with Gasteiger partial charge in [0.25, 0.3) is 0 Å². The Morgan fingerprint density at radius 2 is 2.38 bits per heavy atom. The van der Waals surface area contributed by atoms with Crippen LogP contribution in [0.25, 0.3) is 0 Å². The number of hydrogen-bond acceptors (Lipinski definition) is 3. The molecule has 1 atom stereocenters. The highest BCUT2D eigenvalue weighted by Gasteiger charge is 2.32. The van der Waals surface area contributed by atoms with Gasteiger partial charge in [0.2, 0.25) is 11.8 Å². The summed E-state index contributed by atoms with van der Waals surface area (Å²) in [6, 6.07) is 0. The molecule has 0 spiro atoms. The van der Waals surface area contributed by atoms with Crippen LogP contribution >= 0.6 is 0 Å². The number of hydrogen-bond donors (Lipinski definition) is 1. The van der Waals surface area contributed by atoms with Gasteiger partial charge in [-0.2, -0.15) is 0 Å². The van der Waals surface area contributed by atoms with Gasteiger partial charge >= 0.3 is 0 Å². The lowest BCUT2D eigenvalue weighted by atomic mass is 10.1. The van der Waals surface area contributed by atoms with Crippen molar-refractivity contribution in [2.45, 2.75) is 13.0 Å². The van der Waals surface area contributed by atoms with Crippen LogP contribution in [-0.2, 0) is 16.1 Å². The van der Waals surface area contributed by atoms with Crippen LogP contribution in [0.15, 0.2) is 18.7 Å². The number of likely N-dealkylation sites (tertiary alicyclic amines) is 1. The molecule has 2 heterocycles. The molecule has 6 heteroatoms. The van der Waals surface area contributed by atoms with E-state index in [1.165, 1.54) is 0 Å². The third-order valence-electron chi connectivity index (χ3n) is 2.80. The van der Waals surface area contributed by atoms with Crippen molar-refractivity contribution in [3.05, 3.63) is 18.7 Å². The van der Waals surface area contributed by atoms with Crippen molar-refractivity contribution in [2.75, 3.05) is 13.1 Å². The first-order valence-electron chi connectivity index (χ1n) is 5.19. The summed E-state index contributed by atoms with van der Waals surface area (Å²) in [5, 5.41) is 0. The molecule has 16 heavy (non-hydrogen) atoms. The number of imidazole rings is 1. The van der Waals surface area contributed by atoms with Crippen LogP contribution in [-0.4, -0.2) is 39.4 Å². The standard InChI is InChI=1S/C10H14N4O2/c11-10(16)8-5-9(15)14(6-8)4-3-13-2-1-12-7-13/h1-2,7-8H,3-6H2,(H2,11,16). The van der Waals surface area contributed by atoms with E-state index >= 15 is 0 Å². The Hall–Kier alpha value is -1.85. The van der Waals surface area contributed by atoms with Crippen LogP contribution in [0.3, 0.4) is 0 Å². The molecule has 0 bridgehead atoms. The van der Waals surface area contributed by atoms with Crippen LogP contribution in [0.2, 0.25) is 0 Å². The molecule has 0 aliphatic carbocycles. The highest BCUT2D eigenvalue weighted by atomic mass is 16.2. The number of primary amides is 1. The van der Waals surface area contributed by atoms with E-state index in [0.29, 0.717) is 19.6 Å². The summed E-state index contributed by atoms with van der Waals surface area (Å²) in [7, 11) is 0. The van der Waals surface area contributed by atoms with Crippen LogP contribution < -0.4 is 5.73 Å². The Bertz CT molecular complexity index is 388. The first kappa shape index (κ1) is 10.7. The van der Waals surface area contributed by atoms with Gasteiger partial charge in [0, 0.05) is 38.4 Å². The summed E-state index contributed by atoms with van der Waals surface area (Å²) in [6.07, 6.45) is 5.48. The molecule has 0 radical (unpaired) electrons. The van der Waals surface area contributed by atoms with Crippen molar-refractivity contribution in [1.82, 2.24) is 14.5 Å². The van der Waals surface area contributed by atoms with Crippen molar-refractivity contribution in [2.24, 2.45) is 11.7 Å². The number of amides is 2. The second-order valence-corrected chi connectivity index (χ2v) is 3.94. The summed E-state index contributed by atoms with van der Waals surface area (Å²) in [4.78, 5) is 28.1. The van der Waals surface area contributed by atoms with E-state index in [4.69, 9.17) is 5.73 Å². The highest BCUT2D eigenvalue weighted by Crippen LogP contribution is 2.16. The van der Waals surface area contributed by atoms with E-state index < -0.39 is 5.91 Å². The molecule has 0 saturated carbocycles. The fourth-order valence-corrected chi connectivity index (χ4v) is 1.83. The number of carbonyl (C=O) groups is 2. The van der Waals surface area contributed by atoms with Crippen LogP contribution in [0.4, 0.5) is 0 Å². The minimum Gasteiger partial charge on any atom is -0.369 e. The second kappa shape index (κ2) is 4.34. The maximum atomic E-state index is 11.5. The molecule has 2 N–H and O–H groups in total. The number of nitrogens with two attached hydrogens (primary N) is 1. The molecular weight excluding hydrogens is 208 g/mol. The highest BCUT2D eigenvalue weighted by molar-refractivity contribution is 5.88. The van der Waals surface area contributed by atoms with Gasteiger partial charge in [-0.15, -0.1) is 0 Å². The van der Waals surface area contributed by atoms with Crippen molar-refractivity contribution in [3.8, 4) is 0 Å². The van der Waals surface area contributed by atoms with Crippen LogP contribution in [0.5, 0.6) is 0 Å². The monoisotopic (exact) mass is 222 g/mol. The van der Waals surface area contributed by atoms with Crippen molar-refractivity contribution in [3.63, 3.8) is 0 Å². The van der Waals surface area contributed by atoms with Gasteiger partial charge in [0.15, 0.2) is 0 Å². The van der Waals surface area contributed by atoms with Crippen molar-refractivity contribution < 1.29 is 9.59 Å². The number of carbonyl (C=O) groups excluding carboxylic acids is 2. The minimum absolute atomic E-state index is 0.00363. The summed E-state index contributed by atoms with van der Waals surface area (Å²) in [6.45, 7) is 1.74. The fourth-order valence-electron chi connectivity index (χ4n) is 1.83. The normalized spacial score (nSPS) is 20.4. The quantitative estimate of drug-likeness (QED) is 0.725. The minimum atomic E-state index is -0.390. The molecular formula is C10H14N4O2. The van der Waals surface area contributed by atoms with Gasteiger partial charge in [0.05, 0.1) is 12.2 Å². The molecule has 1 aromatic heterocycles. The van der Waals surface area contributed by atoms with Gasteiger partial charge in [-0.25, -0.2) is 4.98 Å². The summed E-state index contributed by atoms with van der Waals surface area (Å²) < 4.78 is 1.89. The maximum Gasteiger partial charge on any atom is 0.223 e. The average molecular weight is 222 g/mol. The Morgan fingerprint density at radius 1 is 1.56 bits per heavy atom. The first-order valence-corrected chi connectivity index (χ1v) is 5.19. The van der Waals surface area contributed by atoms with Gasteiger partial charge < -0.3 is 15.2 Å². The fraction of sp³-hybridized carbons (Fsp3) is 0.500. The lowest BCUT2D eigenvalue weighted by molar-refractivity contribution is -0.128. The maximum absolute atomic E-state index is 11.5. The molecule has 1 aliphatic heterocycles. The molecule has 2 amide bonds. The zero-order chi connectivity index (χ0) is 11.5. The number of aromatic nitrogens is 2. The molecule has 1 fully saturated rings. The largest absolute Gasteiger partial charge is 0.369 e. The SMILES string of the molecule is NC(=O)C1CC(=O)N(CCn2ccnc2)C1. The third kappa shape index (κ3) is 2.21. The van der Waals surface area contributed by atoms with Gasteiger partial charge in [-0.3, -0.25) is 9.59 Å². The van der Waals surface area contributed by atoms with E-state index in [1.807, 2.05) is 10.8 Å². The van der Waals surface area contributed by atoms with Crippen molar-refractivity contribution >= 4 is 11.8 Å². The Balaban J connectivity index is 1.87. The second-order valence-electron chi connectivity index (χ2n) is 3.94. The van der Waals surface area contributed by atoms with E-state index in [0.717, 1.165) is 0 Å². The van der Waals surface area contributed by atoms with E-state index in [9.17, 15) is 9.59 Å². The van der Waals surface area contributed by atoms with E-state index in [2.05, 4.69) is 4.98 Å². The topological polar surface area (TPSA) is 81.2 Å². The molecule has 6 nitrogen and oxygen atoms in total. The average Bonchev–Trinajstić information content (AvgIpc) is 2.84. The Morgan fingerprint density at radius 3 is 2.94 bits per heavy atom. The molecule has 1 saturated heterocycles. The van der Waals surface area contributed by atoms with Crippen LogP contribution in [0, 0.1) is 5.92 Å². The Kier molecular flexibility index (Phi) is 2.89. The summed E-state index contributed by atoms with van der Waals surface area (Å²) >= 11 is 0. The van der Waals surface area contributed by atoms with Crippen molar-refractivity contribution in [1.29, 1.82) is 0 Å². The van der Waals surface area contributed by atoms with E-state index in [1.54, 1.807) is 17.4 Å².